The summed E-state index contributed by atoms with van der Waals surface area (Å²) >= 11 is 0. The van der Waals surface area contributed by atoms with Crippen molar-refractivity contribution in [1.29, 1.82) is 0 Å². The molecule has 2 N–H and O–H groups in total. The highest BCUT2D eigenvalue weighted by molar-refractivity contribution is 5.94. The molecule has 0 aromatic heterocycles. The third-order valence-corrected chi connectivity index (χ3v) is 5.66. The Hall–Kier alpha value is -1.70. The Bertz CT molecular complexity index is 578. The lowest BCUT2D eigenvalue weighted by molar-refractivity contribution is -0.531. The van der Waals surface area contributed by atoms with E-state index in [0.29, 0.717) is 43.8 Å². The third kappa shape index (κ3) is 4.97. The van der Waals surface area contributed by atoms with Crippen LogP contribution in [0.4, 0.5) is 0 Å². The molecule has 1 saturated carbocycles. The van der Waals surface area contributed by atoms with E-state index >= 15 is 0 Å². The number of hydrogen-bond acceptors (Lipinski definition) is 7. The van der Waals surface area contributed by atoms with Gasteiger partial charge < -0.3 is 15.2 Å². The second-order valence-corrected chi connectivity index (χ2v) is 7.89. The fraction of sp³-hybridized carbons (Fsp3) is 0.895. The van der Waals surface area contributed by atoms with Crippen LogP contribution in [0.3, 0.4) is 0 Å². The second-order valence-electron chi connectivity index (χ2n) is 7.89. The van der Waals surface area contributed by atoms with Crippen LogP contribution in [0.1, 0.15) is 53.9 Å². The van der Waals surface area contributed by atoms with E-state index in [1.165, 1.54) is 0 Å². The second kappa shape index (κ2) is 9.48. The zero-order valence-electron chi connectivity index (χ0n) is 17.1. The van der Waals surface area contributed by atoms with Crippen LogP contribution in [0.25, 0.3) is 0 Å². The number of rotatable bonds is 6. The van der Waals surface area contributed by atoms with E-state index in [1.807, 2.05) is 13.8 Å². The molecule has 0 bridgehead atoms. The zero-order valence-corrected chi connectivity index (χ0v) is 17.1. The fourth-order valence-corrected chi connectivity index (χ4v) is 4.10. The third-order valence-electron chi connectivity index (χ3n) is 5.66. The molecule has 1 heterocycles. The molecular formula is C19H34N4O4. The highest BCUT2D eigenvalue weighted by atomic mass is 16.6. The molecule has 0 radical (unpaired) electrons. The summed E-state index contributed by atoms with van der Waals surface area (Å²) in [5.41, 5.74) is 6.32. The maximum Gasteiger partial charge on any atom is 0.228 e. The van der Waals surface area contributed by atoms with Crippen molar-refractivity contribution in [1.82, 2.24) is 0 Å². The molecule has 27 heavy (non-hydrogen) atoms. The van der Waals surface area contributed by atoms with Crippen molar-refractivity contribution in [2.45, 2.75) is 78.0 Å². The molecular weight excluding hydrogens is 348 g/mol. The van der Waals surface area contributed by atoms with Gasteiger partial charge in [-0.2, -0.15) is 0 Å². The molecule has 6 atom stereocenters. The van der Waals surface area contributed by atoms with E-state index in [2.05, 4.69) is 20.8 Å². The molecule has 0 saturated heterocycles. The van der Waals surface area contributed by atoms with Gasteiger partial charge >= 0.3 is 0 Å². The van der Waals surface area contributed by atoms with Crippen molar-refractivity contribution in [3.63, 3.8) is 0 Å². The largest absolute Gasteiger partial charge is 0.480 e. The van der Waals surface area contributed by atoms with Crippen molar-refractivity contribution in [3.8, 4) is 0 Å². The first-order valence-corrected chi connectivity index (χ1v) is 10.1. The van der Waals surface area contributed by atoms with Gasteiger partial charge in [0.05, 0.1) is 19.3 Å². The van der Waals surface area contributed by atoms with E-state index in [4.69, 9.17) is 25.2 Å². The smallest absolute Gasteiger partial charge is 0.228 e. The minimum atomic E-state index is -0.693. The van der Waals surface area contributed by atoms with Gasteiger partial charge in [0.25, 0.3) is 0 Å². The first-order chi connectivity index (χ1) is 12.8. The molecule has 154 valence electrons. The van der Waals surface area contributed by atoms with Crippen LogP contribution in [-0.4, -0.2) is 54.1 Å². The van der Waals surface area contributed by atoms with Gasteiger partial charge in [-0.05, 0) is 44.4 Å². The summed E-state index contributed by atoms with van der Waals surface area (Å²) < 4.78 is 11.6. The summed E-state index contributed by atoms with van der Waals surface area (Å²) in [6, 6.07) is -1.64. The standard InChI is InChI=1S/C19H34N4O4/c1-6-26-18-14(21-19(27-7-2)17(22-18)11(3)4)10-13-12(5)8-9-15(16(13)20)23(24)25/h11-17H,6-10,20H2,1-5H3/t12?,13?,14?,15?,16?,17-/m1/s1. The van der Waals surface area contributed by atoms with Crippen LogP contribution >= 0.6 is 0 Å². The molecule has 5 unspecified atom stereocenters. The molecule has 1 aliphatic heterocycles. The van der Waals surface area contributed by atoms with E-state index in [0.717, 1.165) is 6.42 Å². The van der Waals surface area contributed by atoms with E-state index in [-0.39, 0.29) is 28.8 Å². The first-order valence-electron chi connectivity index (χ1n) is 10.1. The van der Waals surface area contributed by atoms with Gasteiger partial charge in [0.1, 0.15) is 12.1 Å². The van der Waals surface area contributed by atoms with Crippen LogP contribution in [0.5, 0.6) is 0 Å². The highest BCUT2D eigenvalue weighted by Gasteiger charge is 2.44. The summed E-state index contributed by atoms with van der Waals surface area (Å²) in [5, 5.41) is 11.4. The Morgan fingerprint density at radius 2 is 1.81 bits per heavy atom. The number of nitrogens with two attached hydrogens (primary N) is 1. The molecule has 0 aromatic carbocycles. The maximum atomic E-state index is 11.4. The van der Waals surface area contributed by atoms with Crippen molar-refractivity contribution < 1.29 is 14.4 Å². The lowest BCUT2D eigenvalue weighted by atomic mass is 9.72. The van der Waals surface area contributed by atoms with Crippen LogP contribution in [-0.2, 0) is 9.47 Å². The molecule has 2 rings (SSSR count). The van der Waals surface area contributed by atoms with Crippen LogP contribution in [0.2, 0.25) is 0 Å². The first kappa shape index (κ1) is 21.6. The van der Waals surface area contributed by atoms with Gasteiger partial charge in [0.15, 0.2) is 0 Å². The zero-order chi connectivity index (χ0) is 20.1. The van der Waals surface area contributed by atoms with Crippen molar-refractivity contribution in [2.75, 3.05) is 13.2 Å². The Balaban J connectivity index is 2.27. The van der Waals surface area contributed by atoms with Crippen LogP contribution in [0.15, 0.2) is 9.98 Å². The number of aliphatic imine (C=N–C) groups is 2. The van der Waals surface area contributed by atoms with Gasteiger partial charge in [-0.3, -0.25) is 10.1 Å². The molecule has 0 aromatic rings. The van der Waals surface area contributed by atoms with Crippen LogP contribution in [0, 0.1) is 27.9 Å². The van der Waals surface area contributed by atoms with Gasteiger partial charge in [-0.25, -0.2) is 9.98 Å². The van der Waals surface area contributed by atoms with Gasteiger partial charge in [-0.15, -0.1) is 0 Å². The average molecular weight is 383 g/mol. The highest BCUT2D eigenvalue weighted by Crippen LogP contribution is 2.35. The molecule has 1 fully saturated rings. The monoisotopic (exact) mass is 382 g/mol. The fourth-order valence-electron chi connectivity index (χ4n) is 4.10. The summed E-state index contributed by atoms with van der Waals surface area (Å²) in [6.07, 6.45) is 1.92. The Labute approximate surface area is 161 Å². The van der Waals surface area contributed by atoms with E-state index in [9.17, 15) is 10.1 Å². The molecule has 0 amide bonds. The van der Waals surface area contributed by atoms with Gasteiger partial charge in [0, 0.05) is 11.3 Å². The van der Waals surface area contributed by atoms with Crippen molar-refractivity contribution in [3.05, 3.63) is 10.1 Å². The number of ether oxygens (including phenoxy) is 2. The lowest BCUT2D eigenvalue weighted by Crippen LogP contribution is -2.52. The minimum Gasteiger partial charge on any atom is -0.480 e. The Kier molecular flexibility index (Phi) is 7.59. The molecule has 1 aliphatic carbocycles. The molecule has 8 heteroatoms. The summed E-state index contributed by atoms with van der Waals surface area (Å²) in [4.78, 5) is 20.7. The SMILES string of the molecule is CCOC1=N[C@H](C(C)C)C(OCC)=NC1CC1C(C)CCC([N+](=O)[O-])C1N. The Morgan fingerprint density at radius 3 is 2.37 bits per heavy atom. The van der Waals surface area contributed by atoms with Gasteiger partial charge in [-0.1, -0.05) is 20.8 Å². The quantitative estimate of drug-likeness (QED) is 0.560. The number of nitrogens with zero attached hydrogens (tertiary/aromatic N) is 3. The van der Waals surface area contributed by atoms with E-state index in [1.54, 1.807) is 0 Å². The summed E-state index contributed by atoms with van der Waals surface area (Å²) in [6.45, 7) is 11.1. The van der Waals surface area contributed by atoms with Crippen molar-refractivity contribution >= 4 is 11.8 Å². The maximum absolute atomic E-state index is 11.4. The minimum absolute atomic E-state index is 0.00738. The lowest BCUT2D eigenvalue weighted by Gasteiger charge is -2.38. The molecule has 0 spiro atoms. The predicted molar refractivity (Wildman–Crippen MR) is 106 cm³/mol. The summed E-state index contributed by atoms with van der Waals surface area (Å²) in [5.74, 6) is 1.76. The van der Waals surface area contributed by atoms with Crippen LogP contribution < -0.4 is 5.73 Å². The van der Waals surface area contributed by atoms with Crippen molar-refractivity contribution in [2.24, 2.45) is 33.5 Å². The number of hydrogen-bond donors (Lipinski definition) is 1. The predicted octanol–water partition coefficient (Wildman–Crippen LogP) is 2.67. The van der Waals surface area contributed by atoms with E-state index < -0.39 is 12.1 Å². The normalized spacial score (nSPS) is 34.0. The topological polar surface area (TPSA) is 112 Å². The average Bonchev–Trinajstić information content (AvgIpc) is 2.60. The summed E-state index contributed by atoms with van der Waals surface area (Å²) in [7, 11) is 0. The van der Waals surface area contributed by atoms with Gasteiger partial charge in [0.2, 0.25) is 17.8 Å². The molecule has 2 aliphatic rings. The number of nitro groups is 1. The molecule has 8 nitrogen and oxygen atoms in total. The Morgan fingerprint density at radius 1 is 1.19 bits per heavy atom.